The van der Waals surface area contributed by atoms with Crippen molar-refractivity contribution >= 4 is 27.7 Å². The molecule has 1 aliphatic heterocycles. The molecule has 2 rings (SSSR count). The second-order valence-electron chi connectivity index (χ2n) is 8.23. The molecule has 2 amide bonds. The normalized spacial score (nSPS) is 18.7. The van der Waals surface area contributed by atoms with Gasteiger partial charge in [0.2, 0.25) is 5.91 Å². The van der Waals surface area contributed by atoms with Crippen LogP contribution in [-0.2, 0) is 15.0 Å². The van der Waals surface area contributed by atoms with Crippen LogP contribution in [0.15, 0.2) is 24.3 Å². The molecule has 0 unspecified atom stereocenters. The first-order chi connectivity index (χ1) is 12.9. The Balaban J connectivity index is 2.14. The Morgan fingerprint density at radius 1 is 1.18 bits per heavy atom. The Morgan fingerprint density at radius 3 is 2.43 bits per heavy atom. The van der Waals surface area contributed by atoms with Gasteiger partial charge in [-0.25, -0.2) is 0 Å². The van der Waals surface area contributed by atoms with E-state index in [4.69, 9.17) is 0 Å². The maximum absolute atomic E-state index is 12.8. The quantitative estimate of drug-likeness (QED) is 0.771. The number of nitrogens with one attached hydrogen (secondary N) is 2. The minimum absolute atomic E-state index is 0.128. The van der Waals surface area contributed by atoms with Crippen LogP contribution in [0.4, 0.5) is 5.69 Å². The van der Waals surface area contributed by atoms with Crippen molar-refractivity contribution in [3.8, 4) is 0 Å². The van der Waals surface area contributed by atoms with E-state index < -0.39 is 21.7 Å². The van der Waals surface area contributed by atoms with Crippen molar-refractivity contribution in [3.05, 3.63) is 29.8 Å². The van der Waals surface area contributed by atoms with E-state index in [1.54, 1.807) is 24.3 Å². The number of hydrogen-bond donors (Lipinski definition) is 2. The lowest BCUT2D eigenvalue weighted by Gasteiger charge is -2.32. The van der Waals surface area contributed by atoms with Gasteiger partial charge in [0.15, 0.2) is 0 Å². The number of amides is 2. The van der Waals surface area contributed by atoms with E-state index in [9.17, 15) is 18.0 Å². The molecule has 0 spiro atoms. The van der Waals surface area contributed by atoms with E-state index in [1.165, 1.54) is 18.4 Å². The van der Waals surface area contributed by atoms with Crippen molar-refractivity contribution in [1.29, 1.82) is 0 Å². The first kappa shape index (κ1) is 22.3. The van der Waals surface area contributed by atoms with Crippen LogP contribution in [0.1, 0.15) is 44.0 Å². The Hall–Kier alpha value is -1.97. The smallest absolute Gasteiger partial charge is 0.281 e. The number of anilines is 1. The van der Waals surface area contributed by atoms with Gasteiger partial charge in [-0.1, -0.05) is 12.1 Å². The highest BCUT2D eigenvalue weighted by Gasteiger charge is 2.33. The second-order valence-corrected chi connectivity index (χ2v) is 10.4. The third-order valence-electron chi connectivity index (χ3n) is 4.46. The summed E-state index contributed by atoms with van der Waals surface area (Å²) in [6.07, 6.45) is 1.21. The molecule has 0 aliphatic carbocycles. The summed E-state index contributed by atoms with van der Waals surface area (Å²) >= 11 is 0. The molecule has 8 nitrogen and oxygen atoms in total. The topological polar surface area (TPSA) is 98.8 Å². The van der Waals surface area contributed by atoms with Crippen LogP contribution in [0.5, 0.6) is 0 Å². The molecule has 0 aromatic heterocycles. The second kappa shape index (κ2) is 8.59. The minimum atomic E-state index is -3.56. The van der Waals surface area contributed by atoms with Crippen LogP contribution in [0, 0.1) is 5.92 Å². The molecular formula is C19H30N4O4S. The molecule has 1 fully saturated rings. The van der Waals surface area contributed by atoms with E-state index in [-0.39, 0.29) is 18.4 Å². The van der Waals surface area contributed by atoms with Gasteiger partial charge in [-0.2, -0.15) is 17.0 Å². The van der Waals surface area contributed by atoms with Gasteiger partial charge < -0.3 is 10.6 Å². The largest absolute Gasteiger partial charge is 0.347 e. The lowest BCUT2D eigenvalue weighted by molar-refractivity contribution is -0.120. The van der Waals surface area contributed by atoms with Gasteiger partial charge in [0, 0.05) is 32.7 Å². The predicted octanol–water partition coefficient (Wildman–Crippen LogP) is 1.67. The van der Waals surface area contributed by atoms with Gasteiger partial charge in [-0.15, -0.1) is 0 Å². The average molecular weight is 411 g/mol. The highest BCUT2D eigenvalue weighted by Crippen LogP contribution is 2.23. The van der Waals surface area contributed by atoms with Crippen molar-refractivity contribution < 1.29 is 18.0 Å². The number of carbonyl (C=O) groups excluding carboxylic acids is 2. The van der Waals surface area contributed by atoms with Crippen LogP contribution < -0.4 is 10.6 Å². The first-order valence-corrected chi connectivity index (χ1v) is 10.7. The van der Waals surface area contributed by atoms with Crippen LogP contribution in [0.25, 0.3) is 0 Å². The maximum atomic E-state index is 12.8. The third kappa shape index (κ3) is 5.52. The summed E-state index contributed by atoms with van der Waals surface area (Å²) in [7, 11) is -0.608. The summed E-state index contributed by atoms with van der Waals surface area (Å²) in [4.78, 5) is 25.3. The van der Waals surface area contributed by atoms with Gasteiger partial charge in [-0.3, -0.25) is 9.59 Å². The monoisotopic (exact) mass is 410 g/mol. The van der Waals surface area contributed by atoms with Crippen molar-refractivity contribution in [2.45, 2.75) is 39.2 Å². The van der Waals surface area contributed by atoms with E-state index in [1.807, 2.05) is 20.8 Å². The Kier molecular flexibility index (Phi) is 6.84. The molecule has 156 valence electrons. The van der Waals surface area contributed by atoms with Crippen LogP contribution in [0.2, 0.25) is 0 Å². The summed E-state index contributed by atoms with van der Waals surface area (Å²) in [5.41, 5.74) is 0.389. The van der Waals surface area contributed by atoms with Gasteiger partial charge in [0.25, 0.3) is 16.1 Å². The summed E-state index contributed by atoms with van der Waals surface area (Å²) in [6.45, 7) is 6.17. The Bertz CT molecular complexity index is 831. The van der Waals surface area contributed by atoms with Crippen molar-refractivity contribution in [2.75, 3.05) is 32.5 Å². The molecule has 9 heteroatoms. The summed E-state index contributed by atoms with van der Waals surface area (Å²) in [5.74, 6) is -1.03. The Morgan fingerprint density at radius 2 is 1.82 bits per heavy atom. The number of carbonyl (C=O) groups is 2. The minimum Gasteiger partial charge on any atom is -0.347 e. The zero-order valence-corrected chi connectivity index (χ0v) is 18.0. The number of nitrogens with zero attached hydrogens (tertiary/aromatic N) is 2. The van der Waals surface area contributed by atoms with Crippen molar-refractivity contribution in [1.82, 2.24) is 13.9 Å². The molecule has 28 heavy (non-hydrogen) atoms. The fourth-order valence-corrected chi connectivity index (χ4v) is 4.22. The molecule has 1 aromatic rings. The lowest BCUT2D eigenvalue weighted by Crippen LogP contribution is -2.47. The molecule has 1 heterocycles. The molecule has 1 saturated heterocycles. The molecule has 0 saturated carbocycles. The van der Waals surface area contributed by atoms with Crippen molar-refractivity contribution in [2.24, 2.45) is 5.92 Å². The first-order valence-electron chi connectivity index (χ1n) is 9.32. The van der Waals surface area contributed by atoms with Gasteiger partial charge in [0.1, 0.15) is 0 Å². The fraction of sp³-hybridized carbons (Fsp3) is 0.579. The molecule has 0 bridgehead atoms. The molecule has 1 aromatic carbocycles. The molecule has 0 radical (unpaired) electrons. The summed E-state index contributed by atoms with van der Waals surface area (Å²) in [6, 6.07) is 6.80. The zero-order valence-electron chi connectivity index (χ0n) is 17.2. The van der Waals surface area contributed by atoms with Crippen LogP contribution in [0.3, 0.4) is 0 Å². The fourth-order valence-electron chi connectivity index (χ4n) is 3.03. The number of rotatable bonds is 5. The van der Waals surface area contributed by atoms with Crippen molar-refractivity contribution in [3.63, 3.8) is 0 Å². The predicted molar refractivity (Wildman–Crippen MR) is 109 cm³/mol. The third-order valence-corrected chi connectivity index (χ3v) is 6.37. The summed E-state index contributed by atoms with van der Waals surface area (Å²) in [5, 5.41) is 5.70. The van der Waals surface area contributed by atoms with E-state index >= 15 is 0 Å². The highest BCUT2D eigenvalue weighted by molar-refractivity contribution is 7.86. The lowest BCUT2D eigenvalue weighted by atomic mass is 9.98. The van der Waals surface area contributed by atoms with Crippen LogP contribution >= 0.6 is 0 Å². The highest BCUT2D eigenvalue weighted by atomic mass is 32.2. The number of benzene rings is 1. The SMILES string of the molecule is CN(C)S(=O)(=O)N1CCC[C@@H](C(=O)Nc2ccccc2C(=O)NC(C)(C)C)C1. The molecule has 1 atom stereocenters. The Labute approximate surface area is 167 Å². The molecule has 2 N–H and O–H groups in total. The van der Waals surface area contributed by atoms with Gasteiger partial charge in [0.05, 0.1) is 17.2 Å². The maximum Gasteiger partial charge on any atom is 0.281 e. The average Bonchev–Trinajstić information content (AvgIpc) is 2.60. The number of hydrogen-bond acceptors (Lipinski definition) is 4. The van der Waals surface area contributed by atoms with E-state index in [2.05, 4.69) is 10.6 Å². The van der Waals surface area contributed by atoms with E-state index in [0.717, 1.165) is 4.31 Å². The number of piperidine rings is 1. The standard InChI is InChI=1S/C19H30N4O4S/c1-19(2,3)21-18(25)15-10-6-7-11-16(15)20-17(24)14-9-8-12-23(13-14)28(26,27)22(4)5/h6-7,10-11,14H,8-9,12-13H2,1-5H3,(H,20,24)(H,21,25)/t14-/m1/s1. The zero-order chi connectivity index (χ0) is 21.1. The van der Waals surface area contributed by atoms with Gasteiger partial charge in [-0.05, 0) is 45.7 Å². The number of para-hydroxylation sites is 1. The van der Waals surface area contributed by atoms with E-state index in [0.29, 0.717) is 30.6 Å². The van der Waals surface area contributed by atoms with Crippen LogP contribution in [-0.4, -0.2) is 61.6 Å². The summed E-state index contributed by atoms with van der Waals surface area (Å²) < 4.78 is 27.2. The van der Waals surface area contributed by atoms with Gasteiger partial charge >= 0.3 is 0 Å². The molecular weight excluding hydrogens is 380 g/mol. The molecule has 1 aliphatic rings.